The summed E-state index contributed by atoms with van der Waals surface area (Å²) in [6, 6.07) is 18.9. The highest BCUT2D eigenvalue weighted by molar-refractivity contribution is 6.38. The molecule has 13 nitrogen and oxygen atoms in total. The third-order valence-electron chi connectivity index (χ3n) is 10.5. The maximum absolute atomic E-state index is 14.2. The Morgan fingerprint density at radius 2 is 1.51 bits per heavy atom. The van der Waals surface area contributed by atoms with Crippen molar-refractivity contribution in [1.29, 1.82) is 0 Å². The number of benzene rings is 3. The molecule has 5 atom stereocenters. The van der Waals surface area contributed by atoms with Crippen LogP contribution in [0.2, 0.25) is 0 Å². The van der Waals surface area contributed by atoms with E-state index in [1.807, 2.05) is 31.2 Å². The first kappa shape index (κ1) is 42.3. The summed E-state index contributed by atoms with van der Waals surface area (Å²) < 4.78 is 6.11. The summed E-state index contributed by atoms with van der Waals surface area (Å²) in [6.45, 7) is 4.36. The lowest BCUT2D eigenvalue weighted by molar-refractivity contribution is -0.141. The average Bonchev–Trinajstić information content (AvgIpc) is 3.21. The Bertz CT molecular complexity index is 1910. The van der Waals surface area contributed by atoms with Crippen molar-refractivity contribution >= 4 is 41.1 Å². The van der Waals surface area contributed by atoms with Crippen LogP contribution in [0.5, 0.6) is 11.5 Å². The SMILES string of the molecule is CCCC(NC(=O)C1Cc2cccc(c2)Oc2ccc(cc2)CC(C)C(=O)NC(C2CCCCC2)C(=O)N1)C(=O)C(=O)NCC(=O)NC(C(C)=O)c1ccccc1. The van der Waals surface area contributed by atoms with Gasteiger partial charge in [-0.15, -0.1) is 0 Å². The summed E-state index contributed by atoms with van der Waals surface area (Å²) in [5.74, 6) is -4.02. The van der Waals surface area contributed by atoms with E-state index in [4.69, 9.17) is 4.74 Å². The maximum atomic E-state index is 14.2. The second-order valence-corrected chi connectivity index (χ2v) is 15.1. The van der Waals surface area contributed by atoms with E-state index in [2.05, 4.69) is 26.6 Å². The molecular weight excluding hydrogens is 727 g/mol. The number of fused-ring (bicyclic) bond motifs is 10. The van der Waals surface area contributed by atoms with Crippen LogP contribution in [0.25, 0.3) is 0 Å². The summed E-state index contributed by atoms with van der Waals surface area (Å²) in [7, 11) is 0. The lowest BCUT2D eigenvalue weighted by atomic mass is 9.83. The van der Waals surface area contributed by atoms with E-state index in [1.54, 1.807) is 61.5 Å². The van der Waals surface area contributed by atoms with Gasteiger partial charge in [0.1, 0.15) is 29.6 Å². The zero-order chi connectivity index (χ0) is 40.9. The monoisotopic (exact) mass is 779 g/mol. The molecule has 3 aliphatic rings. The molecule has 57 heavy (non-hydrogen) atoms. The van der Waals surface area contributed by atoms with Crippen LogP contribution in [0.1, 0.15) is 88.4 Å². The molecule has 3 aromatic rings. The second kappa shape index (κ2) is 20.4. The number of carbonyl (C=O) groups excluding carboxylic acids is 7. The highest BCUT2D eigenvalue weighted by Crippen LogP contribution is 2.28. The Morgan fingerprint density at radius 3 is 2.19 bits per heavy atom. The fraction of sp³-hybridized carbons (Fsp3) is 0.432. The van der Waals surface area contributed by atoms with Crippen molar-refractivity contribution in [3.05, 3.63) is 95.6 Å². The van der Waals surface area contributed by atoms with Gasteiger partial charge in [-0.25, -0.2) is 0 Å². The van der Waals surface area contributed by atoms with Gasteiger partial charge in [0.2, 0.25) is 29.4 Å². The van der Waals surface area contributed by atoms with Crippen LogP contribution in [0.15, 0.2) is 78.9 Å². The van der Waals surface area contributed by atoms with Crippen LogP contribution >= 0.6 is 0 Å². The molecular formula is C44H53N5O8. The number of rotatable bonds is 12. The number of ketones is 2. The maximum Gasteiger partial charge on any atom is 0.290 e. The fourth-order valence-corrected chi connectivity index (χ4v) is 7.39. The quantitative estimate of drug-likeness (QED) is 0.169. The first-order chi connectivity index (χ1) is 27.4. The Labute approximate surface area is 333 Å². The van der Waals surface area contributed by atoms with Crippen LogP contribution in [-0.2, 0) is 46.4 Å². The Hall–Kier alpha value is -5.85. The van der Waals surface area contributed by atoms with Gasteiger partial charge in [-0.2, -0.15) is 0 Å². The van der Waals surface area contributed by atoms with E-state index in [-0.39, 0.29) is 30.4 Å². The molecule has 2 heterocycles. The van der Waals surface area contributed by atoms with E-state index in [0.29, 0.717) is 35.5 Å². The van der Waals surface area contributed by atoms with E-state index in [0.717, 1.165) is 37.7 Å². The van der Waals surface area contributed by atoms with Crippen LogP contribution in [-0.4, -0.2) is 65.8 Å². The van der Waals surface area contributed by atoms with Crippen LogP contribution < -0.4 is 31.3 Å². The minimum absolute atomic E-state index is 0.00752. The molecule has 3 aromatic carbocycles. The Morgan fingerprint density at radius 1 is 0.789 bits per heavy atom. The van der Waals surface area contributed by atoms with Crippen molar-refractivity contribution in [2.45, 2.75) is 103 Å². The molecule has 1 fully saturated rings. The smallest absolute Gasteiger partial charge is 0.290 e. The predicted octanol–water partition coefficient (Wildman–Crippen LogP) is 4.18. The molecule has 0 saturated heterocycles. The first-order valence-corrected chi connectivity index (χ1v) is 19.9. The molecule has 2 aliphatic heterocycles. The molecule has 1 aliphatic carbocycles. The number of ether oxygens (including phenoxy) is 1. The molecule has 1 saturated carbocycles. The van der Waals surface area contributed by atoms with Gasteiger partial charge in [-0.1, -0.05) is 94.1 Å². The summed E-state index contributed by atoms with van der Waals surface area (Å²) in [5.41, 5.74) is 2.16. The zero-order valence-electron chi connectivity index (χ0n) is 32.8. The van der Waals surface area contributed by atoms with Gasteiger partial charge in [-0.05, 0) is 79.5 Å². The van der Waals surface area contributed by atoms with Gasteiger partial charge in [0, 0.05) is 12.3 Å². The average molecular weight is 780 g/mol. The van der Waals surface area contributed by atoms with E-state index in [9.17, 15) is 33.6 Å². The van der Waals surface area contributed by atoms with Gasteiger partial charge in [0.15, 0.2) is 5.78 Å². The zero-order valence-corrected chi connectivity index (χ0v) is 32.8. The predicted molar refractivity (Wildman–Crippen MR) is 213 cm³/mol. The van der Waals surface area contributed by atoms with Gasteiger partial charge in [0.05, 0.1) is 12.6 Å². The topological polar surface area (TPSA) is 189 Å². The van der Waals surface area contributed by atoms with Gasteiger partial charge in [0.25, 0.3) is 5.91 Å². The lowest BCUT2D eigenvalue weighted by Gasteiger charge is -2.32. The van der Waals surface area contributed by atoms with Crippen molar-refractivity contribution in [1.82, 2.24) is 26.6 Å². The van der Waals surface area contributed by atoms with E-state index >= 15 is 0 Å². The molecule has 0 aromatic heterocycles. The van der Waals surface area contributed by atoms with Crippen molar-refractivity contribution < 1.29 is 38.3 Å². The number of carbonyl (C=O) groups is 7. The largest absolute Gasteiger partial charge is 0.457 e. The fourth-order valence-electron chi connectivity index (χ4n) is 7.39. The Balaban J connectivity index is 1.35. The molecule has 13 heteroatoms. The normalized spacial score (nSPS) is 20.0. The minimum Gasteiger partial charge on any atom is -0.457 e. The number of Topliss-reactive ketones (excluding diaryl/α,β-unsaturated/α-hetero) is 2. The summed E-state index contributed by atoms with van der Waals surface area (Å²) >= 11 is 0. The summed E-state index contributed by atoms with van der Waals surface area (Å²) in [6.07, 6.45) is 5.33. The van der Waals surface area contributed by atoms with Gasteiger partial charge < -0.3 is 31.3 Å². The highest BCUT2D eigenvalue weighted by atomic mass is 16.5. The van der Waals surface area contributed by atoms with Gasteiger partial charge >= 0.3 is 0 Å². The first-order valence-electron chi connectivity index (χ1n) is 19.9. The number of hydrogen-bond acceptors (Lipinski definition) is 8. The molecule has 5 N–H and O–H groups in total. The third kappa shape index (κ3) is 12.1. The molecule has 6 rings (SSSR count). The highest BCUT2D eigenvalue weighted by Gasteiger charge is 2.36. The Kier molecular flexibility index (Phi) is 15.1. The van der Waals surface area contributed by atoms with E-state index < -0.39 is 66.0 Å². The van der Waals surface area contributed by atoms with Gasteiger partial charge in [-0.3, -0.25) is 33.6 Å². The van der Waals surface area contributed by atoms with Crippen molar-refractivity contribution in [3.8, 4) is 11.5 Å². The molecule has 0 spiro atoms. The molecule has 5 amide bonds. The minimum atomic E-state index is -1.27. The van der Waals surface area contributed by atoms with Crippen molar-refractivity contribution in [2.75, 3.05) is 6.54 Å². The lowest BCUT2D eigenvalue weighted by Crippen LogP contribution is -2.59. The van der Waals surface area contributed by atoms with Crippen molar-refractivity contribution in [2.24, 2.45) is 11.8 Å². The summed E-state index contributed by atoms with van der Waals surface area (Å²) in [4.78, 5) is 93.7. The third-order valence-corrected chi connectivity index (χ3v) is 10.5. The second-order valence-electron chi connectivity index (χ2n) is 15.1. The molecule has 0 radical (unpaired) electrons. The van der Waals surface area contributed by atoms with Crippen LogP contribution in [0.4, 0.5) is 0 Å². The standard InChI is InChI=1S/C44H53N5O8/c1-4-12-35(40(52)44(56)45-26-37(51)48-38(28(3)50)31-14-7-5-8-15-31)46-42(54)36-25-30-13-11-18-34(24-30)57-33-21-19-29(20-22-33)23-27(2)41(53)49-39(43(55)47-36)32-16-9-6-10-17-32/h5,7-8,11,13-15,18-22,24,27,32,35-36,38-39H,4,6,9-10,12,16-17,23,25-26H2,1-3H3,(H,45,56)(H,46,54)(H,47,55)(H,48,51)(H,49,53). The molecule has 302 valence electrons. The van der Waals surface area contributed by atoms with Crippen LogP contribution in [0.3, 0.4) is 0 Å². The van der Waals surface area contributed by atoms with Crippen molar-refractivity contribution in [3.63, 3.8) is 0 Å². The number of hydrogen-bond donors (Lipinski definition) is 5. The molecule has 4 bridgehead atoms. The molecule has 5 unspecified atom stereocenters. The number of amides is 5. The van der Waals surface area contributed by atoms with Crippen LogP contribution in [0, 0.1) is 11.8 Å². The number of nitrogens with one attached hydrogen (secondary N) is 5. The van der Waals surface area contributed by atoms with E-state index in [1.165, 1.54) is 6.92 Å². The summed E-state index contributed by atoms with van der Waals surface area (Å²) in [5, 5.41) is 13.5.